The molecule has 0 heterocycles. The minimum absolute atomic E-state index is 0.284. The predicted octanol–water partition coefficient (Wildman–Crippen LogP) is 2.08. The number of benzene rings is 1. The van der Waals surface area contributed by atoms with Gasteiger partial charge in [0.2, 0.25) is 0 Å². The first-order valence-corrected chi connectivity index (χ1v) is 4.77. The lowest BCUT2D eigenvalue weighted by molar-refractivity contribution is -0.0713. The molecule has 3 N–H and O–H groups in total. The first-order chi connectivity index (χ1) is 6.49. The third-order valence-corrected chi connectivity index (χ3v) is 2.63. The number of aliphatic hydroxyl groups is 1. The third-order valence-electron chi connectivity index (χ3n) is 1.91. The lowest BCUT2D eigenvalue weighted by atomic mass is 10.0. The highest BCUT2D eigenvalue weighted by atomic mass is 79.9. The lowest BCUT2D eigenvalue weighted by Crippen LogP contribution is -2.36. The van der Waals surface area contributed by atoms with Crippen molar-refractivity contribution >= 4 is 15.9 Å². The van der Waals surface area contributed by atoms with Crippen LogP contribution in [-0.2, 0) is 0 Å². The normalized spacial score (nSPS) is 14.1. The van der Waals surface area contributed by atoms with Crippen molar-refractivity contribution in [3.63, 3.8) is 0 Å². The Morgan fingerprint density at radius 2 is 2.00 bits per heavy atom. The van der Waals surface area contributed by atoms with Gasteiger partial charge < -0.3 is 10.8 Å². The number of alkyl halides is 2. The first kappa shape index (κ1) is 11.6. The number of rotatable bonds is 3. The van der Waals surface area contributed by atoms with Crippen molar-refractivity contribution in [2.24, 2.45) is 5.73 Å². The van der Waals surface area contributed by atoms with E-state index in [0.717, 1.165) is 0 Å². The van der Waals surface area contributed by atoms with Crippen LogP contribution >= 0.6 is 15.9 Å². The first-order valence-electron chi connectivity index (χ1n) is 3.97. The minimum atomic E-state index is -3.30. The summed E-state index contributed by atoms with van der Waals surface area (Å²) < 4.78 is 26.5. The molecule has 0 aliphatic carbocycles. The second-order valence-electron chi connectivity index (χ2n) is 2.92. The van der Waals surface area contributed by atoms with E-state index in [4.69, 9.17) is 10.8 Å². The molecule has 78 valence electrons. The van der Waals surface area contributed by atoms with Crippen molar-refractivity contribution in [2.45, 2.75) is 12.0 Å². The van der Waals surface area contributed by atoms with Crippen LogP contribution in [0.4, 0.5) is 8.78 Å². The number of aliphatic hydroxyl groups excluding tert-OH is 1. The van der Waals surface area contributed by atoms with Gasteiger partial charge in [0.15, 0.2) is 0 Å². The number of nitrogens with two attached hydrogens (primary N) is 1. The second-order valence-corrected chi connectivity index (χ2v) is 3.77. The van der Waals surface area contributed by atoms with E-state index in [-0.39, 0.29) is 5.56 Å². The Bertz CT molecular complexity index is 319. The maximum atomic E-state index is 13.0. The zero-order chi connectivity index (χ0) is 10.8. The van der Waals surface area contributed by atoms with E-state index >= 15 is 0 Å². The maximum absolute atomic E-state index is 13.0. The molecule has 14 heavy (non-hydrogen) atoms. The van der Waals surface area contributed by atoms with Gasteiger partial charge >= 0.3 is 0 Å². The fourth-order valence-corrected chi connectivity index (χ4v) is 1.58. The molecule has 0 fully saturated rings. The highest BCUT2D eigenvalue weighted by molar-refractivity contribution is 9.10. The molecule has 2 nitrogen and oxygen atoms in total. The summed E-state index contributed by atoms with van der Waals surface area (Å²) in [5.41, 5.74) is 5.63. The highest BCUT2D eigenvalue weighted by Crippen LogP contribution is 2.32. The lowest BCUT2D eigenvalue weighted by Gasteiger charge is -2.22. The van der Waals surface area contributed by atoms with E-state index < -0.39 is 18.6 Å². The quantitative estimate of drug-likeness (QED) is 0.879. The van der Waals surface area contributed by atoms with E-state index in [0.29, 0.717) is 4.47 Å². The molecular weight excluding hydrogens is 256 g/mol. The summed E-state index contributed by atoms with van der Waals surface area (Å²) >= 11 is 3.12. The topological polar surface area (TPSA) is 46.2 Å². The van der Waals surface area contributed by atoms with E-state index in [9.17, 15) is 8.78 Å². The van der Waals surface area contributed by atoms with E-state index in [1.807, 2.05) is 0 Å². The fourth-order valence-electron chi connectivity index (χ4n) is 1.05. The average molecular weight is 266 g/mol. The van der Waals surface area contributed by atoms with Gasteiger partial charge in [0.05, 0.1) is 6.04 Å². The van der Waals surface area contributed by atoms with Crippen molar-refractivity contribution in [1.82, 2.24) is 0 Å². The van der Waals surface area contributed by atoms with Gasteiger partial charge in [0.25, 0.3) is 5.92 Å². The molecule has 0 amide bonds. The van der Waals surface area contributed by atoms with Crippen LogP contribution in [0.3, 0.4) is 0 Å². The van der Waals surface area contributed by atoms with Crippen molar-refractivity contribution in [3.8, 4) is 0 Å². The SMILES string of the molecule is N[C@H](c1ccccc1Br)C(F)(F)CO. The molecule has 1 aromatic carbocycles. The monoisotopic (exact) mass is 265 g/mol. The van der Waals surface area contributed by atoms with Crippen LogP contribution in [-0.4, -0.2) is 17.6 Å². The van der Waals surface area contributed by atoms with E-state index in [2.05, 4.69) is 15.9 Å². The van der Waals surface area contributed by atoms with Crippen LogP contribution in [0.2, 0.25) is 0 Å². The molecular formula is C9H10BrF2NO. The van der Waals surface area contributed by atoms with Crippen LogP contribution in [0.25, 0.3) is 0 Å². The maximum Gasteiger partial charge on any atom is 0.289 e. The smallest absolute Gasteiger partial charge is 0.289 e. The second kappa shape index (κ2) is 4.33. The Balaban J connectivity index is 3.00. The zero-order valence-electron chi connectivity index (χ0n) is 7.25. The summed E-state index contributed by atoms with van der Waals surface area (Å²) in [7, 11) is 0. The molecule has 0 radical (unpaired) electrons. The predicted molar refractivity (Wildman–Crippen MR) is 53.1 cm³/mol. The molecule has 5 heteroatoms. The summed E-state index contributed by atoms with van der Waals surface area (Å²) in [6.07, 6.45) is 0. The zero-order valence-corrected chi connectivity index (χ0v) is 8.84. The van der Waals surface area contributed by atoms with Gasteiger partial charge in [-0.2, -0.15) is 0 Å². The van der Waals surface area contributed by atoms with Crippen LogP contribution in [0, 0.1) is 0 Å². The molecule has 0 aliphatic rings. The molecule has 0 aromatic heterocycles. The Labute approximate surface area is 88.9 Å². The highest BCUT2D eigenvalue weighted by Gasteiger charge is 2.38. The molecule has 0 bridgehead atoms. The summed E-state index contributed by atoms with van der Waals surface area (Å²) in [4.78, 5) is 0. The Hall–Kier alpha value is -0.520. The van der Waals surface area contributed by atoms with Gasteiger partial charge in [-0.25, -0.2) is 8.78 Å². The third kappa shape index (κ3) is 2.29. The molecule has 0 saturated heterocycles. The Kier molecular flexibility index (Phi) is 3.58. The molecule has 1 aromatic rings. The molecule has 1 atom stereocenters. The van der Waals surface area contributed by atoms with Crippen LogP contribution < -0.4 is 5.73 Å². The molecule has 0 spiro atoms. The minimum Gasteiger partial charge on any atom is -0.390 e. The molecule has 1 rings (SSSR count). The van der Waals surface area contributed by atoms with Gasteiger partial charge in [-0.1, -0.05) is 34.1 Å². The number of halogens is 3. The standard InChI is InChI=1S/C9H10BrF2NO/c10-7-4-2-1-3-6(7)8(13)9(11,12)5-14/h1-4,8,14H,5,13H2/t8-/m1/s1. The van der Waals surface area contributed by atoms with Crippen molar-refractivity contribution in [2.75, 3.05) is 6.61 Å². The van der Waals surface area contributed by atoms with Crippen molar-refractivity contribution in [3.05, 3.63) is 34.3 Å². The number of hydrogen-bond donors (Lipinski definition) is 2. The van der Waals surface area contributed by atoms with Gasteiger partial charge in [0, 0.05) is 4.47 Å². The van der Waals surface area contributed by atoms with Crippen molar-refractivity contribution < 1.29 is 13.9 Å². The van der Waals surface area contributed by atoms with E-state index in [1.54, 1.807) is 18.2 Å². The fraction of sp³-hybridized carbons (Fsp3) is 0.333. The average Bonchev–Trinajstić information content (AvgIpc) is 2.17. The van der Waals surface area contributed by atoms with Crippen LogP contribution in [0.15, 0.2) is 28.7 Å². The van der Waals surface area contributed by atoms with E-state index in [1.165, 1.54) is 6.07 Å². The van der Waals surface area contributed by atoms with Crippen LogP contribution in [0.5, 0.6) is 0 Å². The number of hydrogen-bond acceptors (Lipinski definition) is 2. The molecule has 0 saturated carbocycles. The Morgan fingerprint density at radius 1 is 1.43 bits per heavy atom. The summed E-state index contributed by atoms with van der Waals surface area (Å²) in [6.45, 7) is -1.25. The van der Waals surface area contributed by atoms with Gasteiger partial charge in [-0.05, 0) is 11.6 Å². The van der Waals surface area contributed by atoms with Gasteiger partial charge in [0.1, 0.15) is 6.61 Å². The summed E-state index contributed by atoms with van der Waals surface area (Å²) in [6, 6.07) is 4.95. The van der Waals surface area contributed by atoms with Gasteiger partial charge in [-0.3, -0.25) is 0 Å². The summed E-state index contributed by atoms with van der Waals surface area (Å²) in [5, 5.41) is 8.47. The molecule has 0 aliphatic heterocycles. The van der Waals surface area contributed by atoms with Gasteiger partial charge in [-0.15, -0.1) is 0 Å². The Morgan fingerprint density at radius 3 is 2.50 bits per heavy atom. The molecule has 0 unspecified atom stereocenters. The van der Waals surface area contributed by atoms with Crippen LogP contribution in [0.1, 0.15) is 11.6 Å². The largest absolute Gasteiger partial charge is 0.390 e. The summed E-state index contributed by atoms with van der Waals surface area (Å²) in [5.74, 6) is -3.30. The van der Waals surface area contributed by atoms with Crippen molar-refractivity contribution in [1.29, 1.82) is 0 Å².